The number of aryl methyl sites for hydroxylation is 2. The van der Waals surface area contributed by atoms with E-state index in [9.17, 15) is 14.4 Å². The summed E-state index contributed by atoms with van der Waals surface area (Å²) in [5, 5.41) is 0. The van der Waals surface area contributed by atoms with Gasteiger partial charge in [-0.1, -0.05) is 19.1 Å². The van der Waals surface area contributed by atoms with Crippen molar-refractivity contribution in [2.75, 3.05) is 13.7 Å². The van der Waals surface area contributed by atoms with Gasteiger partial charge in [-0.15, -0.1) is 0 Å². The molecule has 2 amide bonds. The van der Waals surface area contributed by atoms with Gasteiger partial charge in [0.25, 0.3) is 11.8 Å². The zero-order valence-electron chi connectivity index (χ0n) is 15.0. The third-order valence-electron chi connectivity index (χ3n) is 4.53. The van der Waals surface area contributed by atoms with E-state index in [0.717, 1.165) is 22.6 Å². The summed E-state index contributed by atoms with van der Waals surface area (Å²) in [7, 11) is 1.51. The Balaban J connectivity index is 1.78. The van der Waals surface area contributed by atoms with E-state index in [2.05, 4.69) is 4.98 Å². The van der Waals surface area contributed by atoms with Gasteiger partial charge in [-0.2, -0.15) is 0 Å². The lowest BCUT2D eigenvalue weighted by molar-refractivity contribution is -0.118. The van der Waals surface area contributed by atoms with Crippen LogP contribution in [0.3, 0.4) is 0 Å². The highest BCUT2D eigenvalue weighted by molar-refractivity contribution is 6.22. The van der Waals surface area contributed by atoms with Crippen LogP contribution in [0.2, 0.25) is 0 Å². The maximum atomic E-state index is 12.5. The van der Waals surface area contributed by atoms with Crippen LogP contribution in [0.1, 0.15) is 44.5 Å². The number of hydrogen-bond acceptors (Lipinski definition) is 5. The van der Waals surface area contributed by atoms with E-state index in [1.165, 1.54) is 7.11 Å². The van der Waals surface area contributed by atoms with Crippen LogP contribution < -0.4 is 4.74 Å². The Hall–Kier alpha value is -3.02. The molecule has 0 fully saturated rings. The first-order valence-electron chi connectivity index (χ1n) is 8.46. The number of imide groups is 1. The van der Waals surface area contributed by atoms with Crippen LogP contribution >= 0.6 is 0 Å². The first kappa shape index (κ1) is 17.8. The number of amides is 2. The zero-order valence-corrected chi connectivity index (χ0v) is 15.0. The lowest BCUT2D eigenvalue weighted by Gasteiger charge is -2.14. The summed E-state index contributed by atoms with van der Waals surface area (Å²) >= 11 is 0. The van der Waals surface area contributed by atoms with Crippen molar-refractivity contribution in [1.82, 2.24) is 9.88 Å². The predicted molar refractivity (Wildman–Crippen MR) is 95.4 cm³/mol. The molecular formula is C20H20N2O4. The number of aromatic nitrogens is 1. The number of nitrogens with zero attached hydrogens (tertiary/aromatic N) is 2. The number of methoxy groups -OCH3 is 1. The summed E-state index contributed by atoms with van der Waals surface area (Å²) in [5.74, 6) is -0.703. The molecule has 1 aromatic carbocycles. The maximum Gasteiger partial charge on any atom is 0.261 e. The molecule has 26 heavy (non-hydrogen) atoms. The minimum Gasteiger partial charge on any atom is -0.481 e. The molecule has 0 radical (unpaired) electrons. The van der Waals surface area contributed by atoms with Crippen LogP contribution in [0, 0.1) is 6.92 Å². The van der Waals surface area contributed by atoms with Gasteiger partial charge in [0.2, 0.25) is 5.88 Å². The number of benzene rings is 1. The minimum atomic E-state index is -0.429. The fourth-order valence-corrected chi connectivity index (χ4v) is 3.16. The number of carbonyl (C=O) groups excluding carboxylic acids is 3. The average Bonchev–Trinajstić information content (AvgIpc) is 2.88. The molecule has 1 aliphatic rings. The lowest BCUT2D eigenvalue weighted by Crippen LogP contribution is -2.35. The van der Waals surface area contributed by atoms with E-state index in [1.54, 1.807) is 24.3 Å². The molecule has 0 aliphatic carbocycles. The van der Waals surface area contributed by atoms with Crippen LogP contribution in [-0.2, 0) is 17.6 Å². The molecule has 1 aliphatic heterocycles. The molecule has 0 spiro atoms. The second-order valence-corrected chi connectivity index (χ2v) is 6.21. The summed E-state index contributed by atoms with van der Waals surface area (Å²) < 4.78 is 5.28. The Bertz CT molecular complexity index is 870. The van der Waals surface area contributed by atoms with Crippen molar-refractivity contribution in [2.45, 2.75) is 26.7 Å². The van der Waals surface area contributed by atoms with Gasteiger partial charge >= 0.3 is 0 Å². The van der Waals surface area contributed by atoms with Gasteiger partial charge in [0.15, 0.2) is 5.78 Å². The van der Waals surface area contributed by atoms with E-state index < -0.39 is 11.8 Å². The van der Waals surface area contributed by atoms with E-state index in [0.29, 0.717) is 22.6 Å². The molecule has 6 heteroatoms. The number of pyridine rings is 1. The van der Waals surface area contributed by atoms with Crippen molar-refractivity contribution in [3.63, 3.8) is 0 Å². The molecule has 0 unspecified atom stereocenters. The molecule has 0 bridgehead atoms. The van der Waals surface area contributed by atoms with Gasteiger partial charge in [0.05, 0.1) is 24.8 Å². The molecule has 0 atom stereocenters. The highest BCUT2D eigenvalue weighted by Crippen LogP contribution is 2.24. The molecule has 2 aromatic rings. The van der Waals surface area contributed by atoms with Crippen molar-refractivity contribution in [3.8, 4) is 5.88 Å². The lowest BCUT2D eigenvalue weighted by atomic mass is 10.0. The Morgan fingerprint density at radius 2 is 1.73 bits per heavy atom. The topological polar surface area (TPSA) is 76.6 Å². The van der Waals surface area contributed by atoms with Crippen molar-refractivity contribution in [2.24, 2.45) is 0 Å². The first-order valence-corrected chi connectivity index (χ1v) is 8.46. The van der Waals surface area contributed by atoms with E-state index in [-0.39, 0.29) is 18.7 Å². The number of rotatable bonds is 6. The third kappa shape index (κ3) is 3.10. The van der Waals surface area contributed by atoms with E-state index in [4.69, 9.17) is 4.74 Å². The number of carbonyl (C=O) groups is 3. The summed E-state index contributed by atoms with van der Waals surface area (Å²) in [4.78, 5) is 42.7. The fourth-order valence-electron chi connectivity index (χ4n) is 3.16. The monoisotopic (exact) mass is 352 g/mol. The van der Waals surface area contributed by atoms with Crippen LogP contribution in [-0.4, -0.2) is 41.1 Å². The fraction of sp³-hybridized carbons (Fsp3) is 0.300. The average molecular weight is 352 g/mol. The van der Waals surface area contributed by atoms with Gasteiger partial charge < -0.3 is 4.74 Å². The van der Waals surface area contributed by atoms with Crippen molar-refractivity contribution < 1.29 is 19.1 Å². The normalized spacial score (nSPS) is 13.1. The SMILES string of the molecule is CCc1cc(CC(=O)CN2C(=O)c3ccccc3C2=O)c(OC)nc1C. The molecule has 134 valence electrons. The largest absolute Gasteiger partial charge is 0.481 e. The second kappa shape index (κ2) is 7.07. The zero-order chi connectivity index (χ0) is 18.8. The maximum absolute atomic E-state index is 12.5. The van der Waals surface area contributed by atoms with Gasteiger partial charge in [-0.3, -0.25) is 19.3 Å². The molecule has 2 heterocycles. The quantitative estimate of drug-likeness (QED) is 0.746. The van der Waals surface area contributed by atoms with Crippen molar-refractivity contribution >= 4 is 17.6 Å². The van der Waals surface area contributed by atoms with Gasteiger partial charge in [0, 0.05) is 17.7 Å². The molecule has 1 aromatic heterocycles. The second-order valence-electron chi connectivity index (χ2n) is 6.21. The van der Waals surface area contributed by atoms with Crippen LogP contribution in [0.4, 0.5) is 0 Å². The van der Waals surface area contributed by atoms with Crippen LogP contribution in [0.25, 0.3) is 0 Å². The summed E-state index contributed by atoms with van der Waals surface area (Å²) in [6, 6.07) is 8.50. The number of ketones is 1. The number of Topliss-reactive ketones (excluding diaryl/α,β-unsaturated/α-hetero) is 1. The molecule has 0 N–H and O–H groups in total. The number of fused-ring (bicyclic) bond motifs is 1. The first-order chi connectivity index (χ1) is 12.5. The Kier molecular flexibility index (Phi) is 4.84. The predicted octanol–water partition coefficient (Wildman–Crippen LogP) is 2.37. The number of ether oxygens (including phenoxy) is 1. The van der Waals surface area contributed by atoms with Crippen molar-refractivity contribution in [3.05, 3.63) is 58.3 Å². The highest BCUT2D eigenvalue weighted by atomic mass is 16.5. The molecule has 0 saturated carbocycles. The Morgan fingerprint density at radius 3 is 2.27 bits per heavy atom. The Morgan fingerprint density at radius 1 is 1.12 bits per heavy atom. The van der Waals surface area contributed by atoms with Crippen LogP contribution in [0.15, 0.2) is 30.3 Å². The third-order valence-corrected chi connectivity index (χ3v) is 4.53. The summed E-state index contributed by atoms with van der Waals surface area (Å²) in [6.45, 7) is 3.65. The van der Waals surface area contributed by atoms with Gasteiger partial charge in [0.1, 0.15) is 0 Å². The molecule has 3 rings (SSSR count). The highest BCUT2D eigenvalue weighted by Gasteiger charge is 2.36. The van der Waals surface area contributed by atoms with E-state index in [1.807, 2.05) is 19.9 Å². The molecule has 6 nitrogen and oxygen atoms in total. The standard InChI is InChI=1S/C20H20N2O4/c1-4-13-9-14(18(26-3)21-12(13)2)10-15(23)11-22-19(24)16-7-5-6-8-17(16)20(22)25/h5-9H,4,10-11H2,1-3H3. The molecular weight excluding hydrogens is 332 g/mol. The summed E-state index contributed by atoms with van der Waals surface area (Å²) in [5.41, 5.74) is 3.24. The summed E-state index contributed by atoms with van der Waals surface area (Å²) in [6.07, 6.45) is 0.847. The number of hydrogen-bond donors (Lipinski definition) is 0. The van der Waals surface area contributed by atoms with E-state index >= 15 is 0 Å². The molecule has 0 saturated heterocycles. The Labute approximate surface area is 151 Å². The minimum absolute atomic E-state index is 0.0524. The smallest absolute Gasteiger partial charge is 0.261 e. The van der Waals surface area contributed by atoms with Crippen LogP contribution in [0.5, 0.6) is 5.88 Å². The van der Waals surface area contributed by atoms with Crippen molar-refractivity contribution in [1.29, 1.82) is 0 Å². The van der Waals surface area contributed by atoms with Gasteiger partial charge in [-0.05, 0) is 37.1 Å². The van der Waals surface area contributed by atoms with Gasteiger partial charge in [-0.25, -0.2) is 4.98 Å².